The fourth-order valence-corrected chi connectivity index (χ4v) is 3.14. The molecule has 0 saturated heterocycles. The minimum atomic E-state index is -0.427. The van der Waals surface area contributed by atoms with E-state index in [1.807, 2.05) is 31.2 Å². The smallest absolute Gasteiger partial charge is 0.0762 e. The van der Waals surface area contributed by atoms with Gasteiger partial charge in [-0.3, -0.25) is 0 Å². The molecular formula is C16H17ClOS. The summed E-state index contributed by atoms with van der Waals surface area (Å²) in [4.78, 5) is 1.15. The average molecular weight is 293 g/mol. The van der Waals surface area contributed by atoms with E-state index in [9.17, 15) is 5.11 Å². The third-order valence-corrected chi connectivity index (χ3v) is 4.34. The second-order valence-corrected chi connectivity index (χ2v) is 6.09. The number of aliphatic hydroxyl groups excluding tert-OH is 1. The molecule has 1 atom stereocenters. The van der Waals surface area contributed by atoms with Crippen molar-refractivity contribution in [3.63, 3.8) is 0 Å². The third kappa shape index (κ3) is 4.00. The number of halogens is 1. The highest BCUT2D eigenvalue weighted by Crippen LogP contribution is 2.28. The van der Waals surface area contributed by atoms with Gasteiger partial charge in [-0.2, -0.15) is 0 Å². The first-order valence-electron chi connectivity index (χ1n) is 6.22. The van der Waals surface area contributed by atoms with Crippen LogP contribution in [-0.4, -0.2) is 5.11 Å². The van der Waals surface area contributed by atoms with E-state index in [1.54, 1.807) is 18.7 Å². The first-order valence-corrected chi connectivity index (χ1v) is 7.58. The van der Waals surface area contributed by atoms with E-state index >= 15 is 0 Å². The van der Waals surface area contributed by atoms with Crippen molar-refractivity contribution in [3.8, 4) is 0 Å². The van der Waals surface area contributed by atoms with Gasteiger partial charge in [0.15, 0.2) is 0 Å². The van der Waals surface area contributed by atoms with Crippen molar-refractivity contribution >= 4 is 23.4 Å². The lowest BCUT2D eigenvalue weighted by Gasteiger charge is -2.08. The fraction of sp³-hybridized carbons (Fsp3) is 0.250. The van der Waals surface area contributed by atoms with Gasteiger partial charge in [-0.1, -0.05) is 35.9 Å². The minimum absolute atomic E-state index is 0.427. The highest BCUT2D eigenvalue weighted by Gasteiger charge is 2.04. The molecule has 100 valence electrons. The zero-order chi connectivity index (χ0) is 13.8. The molecule has 0 amide bonds. The topological polar surface area (TPSA) is 20.2 Å². The second-order valence-electron chi connectivity index (χ2n) is 4.63. The molecule has 3 heteroatoms. The summed E-state index contributed by atoms with van der Waals surface area (Å²) >= 11 is 7.95. The number of hydrogen-bond acceptors (Lipinski definition) is 2. The summed E-state index contributed by atoms with van der Waals surface area (Å²) in [5.41, 5.74) is 3.26. The highest BCUT2D eigenvalue weighted by molar-refractivity contribution is 7.98. The summed E-state index contributed by atoms with van der Waals surface area (Å²) < 4.78 is 0. The van der Waals surface area contributed by atoms with Crippen LogP contribution in [-0.2, 0) is 5.75 Å². The van der Waals surface area contributed by atoms with Crippen LogP contribution in [0.2, 0.25) is 5.02 Å². The lowest BCUT2D eigenvalue weighted by molar-refractivity contribution is 0.199. The summed E-state index contributed by atoms with van der Waals surface area (Å²) in [5.74, 6) is 0.836. The Morgan fingerprint density at radius 1 is 1.21 bits per heavy atom. The van der Waals surface area contributed by atoms with E-state index < -0.39 is 6.10 Å². The van der Waals surface area contributed by atoms with E-state index in [2.05, 4.69) is 18.2 Å². The molecule has 0 aliphatic heterocycles. The summed E-state index contributed by atoms with van der Waals surface area (Å²) in [6.07, 6.45) is -0.427. The number of hydrogen-bond donors (Lipinski definition) is 1. The van der Waals surface area contributed by atoms with Crippen molar-refractivity contribution in [2.24, 2.45) is 0 Å². The predicted octanol–water partition coefficient (Wildman–Crippen LogP) is 4.99. The lowest BCUT2D eigenvalue weighted by atomic mass is 10.1. The van der Waals surface area contributed by atoms with Crippen molar-refractivity contribution in [3.05, 3.63) is 64.2 Å². The molecule has 0 heterocycles. The van der Waals surface area contributed by atoms with Gasteiger partial charge >= 0.3 is 0 Å². The molecule has 0 radical (unpaired) electrons. The third-order valence-electron chi connectivity index (χ3n) is 2.94. The fourth-order valence-electron chi connectivity index (χ4n) is 1.79. The van der Waals surface area contributed by atoms with E-state index in [1.165, 1.54) is 5.56 Å². The van der Waals surface area contributed by atoms with Crippen LogP contribution in [0.5, 0.6) is 0 Å². The van der Waals surface area contributed by atoms with Crippen LogP contribution in [0.1, 0.15) is 29.7 Å². The van der Waals surface area contributed by atoms with E-state index in [4.69, 9.17) is 11.6 Å². The van der Waals surface area contributed by atoms with Gasteiger partial charge in [-0.05, 0) is 48.7 Å². The lowest BCUT2D eigenvalue weighted by Crippen LogP contribution is -1.90. The molecule has 1 N–H and O–H groups in total. The van der Waals surface area contributed by atoms with Crippen LogP contribution in [0, 0.1) is 6.92 Å². The maximum atomic E-state index is 9.58. The molecule has 2 rings (SSSR count). The van der Waals surface area contributed by atoms with Gasteiger partial charge in [0, 0.05) is 15.7 Å². The SMILES string of the molecule is Cc1ccc(CSc2cccc(C(C)O)c2)c(Cl)c1. The molecule has 1 unspecified atom stereocenters. The number of aliphatic hydroxyl groups is 1. The number of thioether (sulfide) groups is 1. The Kier molecular flexibility index (Phi) is 4.92. The summed E-state index contributed by atoms with van der Waals surface area (Å²) in [6, 6.07) is 14.1. The van der Waals surface area contributed by atoms with E-state index in [-0.39, 0.29) is 0 Å². The molecule has 19 heavy (non-hydrogen) atoms. The van der Waals surface area contributed by atoms with Crippen LogP contribution in [0.15, 0.2) is 47.4 Å². The first-order chi connectivity index (χ1) is 9.06. The van der Waals surface area contributed by atoms with Gasteiger partial charge in [0.05, 0.1) is 6.10 Å². The molecule has 2 aromatic carbocycles. The number of rotatable bonds is 4. The van der Waals surface area contributed by atoms with Crippen LogP contribution < -0.4 is 0 Å². The molecule has 0 aromatic heterocycles. The standard InChI is InChI=1S/C16H17ClOS/c1-11-6-7-14(16(17)8-11)10-19-15-5-3-4-13(9-15)12(2)18/h3-9,12,18H,10H2,1-2H3. The molecular weight excluding hydrogens is 276 g/mol. The molecule has 1 nitrogen and oxygen atoms in total. The molecule has 0 aliphatic rings. The van der Waals surface area contributed by atoms with Crippen LogP contribution in [0.3, 0.4) is 0 Å². The Hall–Kier alpha value is -0.960. The Balaban J connectivity index is 2.08. The highest BCUT2D eigenvalue weighted by atomic mass is 35.5. The summed E-state index contributed by atoms with van der Waals surface area (Å²) in [7, 11) is 0. The van der Waals surface area contributed by atoms with Crippen LogP contribution >= 0.6 is 23.4 Å². The van der Waals surface area contributed by atoms with Crippen LogP contribution in [0.4, 0.5) is 0 Å². The maximum absolute atomic E-state index is 9.58. The predicted molar refractivity (Wildman–Crippen MR) is 82.8 cm³/mol. The second kappa shape index (κ2) is 6.47. The van der Waals surface area contributed by atoms with Gasteiger partial charge in [0.25, 0.3) is 0 Å². The average Bonchev–Trinajstić information content (AvgIpc) is 2.38. The maximum Gasteiger partial charge on any atom is 0.0762 e. The Labute approximate surface area is 123 Å². The zero-order valence-electron chi connectivity index (χ0n) is 11.1. The van der Waals surface area contributed by atoms with Crippen molar-refractivity contribution in [2.45, 2.75) is 30.6 Å². The number of aryl methyl sites for hydroxylation is 1. The Bertz CT molecular complexity index is 566. The molecule has 2 aromatic rings. The monoisotopic (exact) mass is 292 g/mol. The minimum Gasteiger partial charge on any atom is -0.389 e. The first kappa shape index (κ1) is 14.4. The van der Waals surface area contributed by atoms with Gasteiger partial charge in [0.1, 0.15) is 0 Å². The van der Waals surface area contributed by atoms with Gasteiger partial charge in [-0.15, -0.1) is 11.8 Å². The molecule has 0 saturated carbocycles. The van der Waals surface area contributed by atoms with Crippen molar-refractivity contribution in [2.75, 3.05) is 0 Å². The van der Waals surface area contributed by atoms with Gasteiger partial charge < -0.3 is 5.11 Å². The van der Waals surface area contributed by atoms with Crippen molar-refractivity contribution in [1.29, 1.82) is 0 Å². The Morgan fingerprint density at radius 3 is 2.68 bits per heavy atom. The normalized spacial score (nSPS) is 12.4. The summed E-state index contributed by atoms with van der Waals surface area (Å²) in [5, 5.41) is 10.4. The largest absolute Gasteiger partial charge is 0.389 e. The molecule has 0 aliphatic carbocycles. The molecule has 0 spiro atoms. The molecule has 0 bridgehead atoms. The summed E-state index contributed by atoms with van der Waals surface area (Å²) in [6.45, 7) is 3.82. The Morgan fingerprint density at radius 2 is 2.00 bits per heavy atom. The van der Waals surface area contributed by atoms with E-state index in [0.29, 0.717) is 0 Å². The van der Waals surface area contributed by atoms with Crippen LogP contribution in [0.25, 0.3) is 0 Å². The number of benzene rings is 2. The quantitative estimate of drug-likeness (QED) is 0.801. The van der Waals surface area contributed by atoms with Gasteiger partial charge in [0.2, 0.25) is 0 Å². The zero-order valence-corrected chi connectivity index (χ0v) is 12.6. The van der Waals surface area contributed by atoms with Gasteiger partial charge in [-0.25, -0.2) is 0 Å². The van der Waals surface area contributed by atoms with E-state index in [0.717, 1.165) is 26.8 Å². The van der Waals surface area contributed by atoms with Crippen molar-refractivity contribution in [1.82, 2.24) is 0 Å². The molecule has 0 fully saturated rings. The van der Waals surface area contributed by atoms with Crippen molar-refractivity contribution < 1.29 is 5.11 Å².